The van der Waals surface area contributed by atoms with Gasteiger partial charge in [-0.2, -0.15) is 0 Å². The lowest BCUT2D eigenvalue weighted by molar-refractivity contribution is 0.0950. The molecule has 7 nitrogen and oxygen atoms in total. The summed E-state index contributed by atoms with van der Waals surface area (Å²) in [4.78, 5) is 12.9. The highest BCUT2D eigenvalue weighted by Gasteiger charge is 2.23. The van der Waals surface area contributed by atoms with Crippen molar-refractivity contribution in [1.82, 2.24) is 15.2 Å². The van der Waals surface area contributed by atoms with Gasteiger partial charge < -0.3 is 9.84 Å². The van der Waals surface area contributed by atoms with Crippen LogP contribution in [-0.2, 0) is 16.6 Å². The highest BCUT2D eigenvalue weighted by Crippen LogP contribution is 2.30. The lowest BCUT2D eigenvalue weighted by atomic mass is 10.1. The zero-order chi connectivity index (χ0) is 20.3. The van der Waals surface area contributed by atoms with E-state index >= 15 is 0 Å². The Labute approximate surface area is 167 Å². The average molecular weight is 420 g/mol. The van der Waals surface area contributed by atoms with Crippen molar-refractivity contribution in [1.29, 1.82) is 0 Å². The van der Waals surface area contributed by atoms with Gasteiger partial charge in [-0.3, -0.25) is 4.79 Å². The second kappa shape index (κ2) is 8.14. The van der Waals surface area contributed by atoms with Gasteiger partial charge in [-0.05, 0) is 37.7 Å². The van der Waals surface area contributed by atoms with Gasteiger partial charge in [-0.15, -0.1) is 0 Å². The Balaban J connectivity index is 1.83. The van der Waals surface area contributed by atoms with E-state index in [0.29, 0.717) is 27.6 Å². The maximum Gasteiger partial charge on any atom is 0.257 e. The molecule has 0 fully saturated rings. The summed E-state index contributed by atoms with van der Waals surface area (Å²) in [6, 6.07) is 13.4. The van der Waals surface area contributed by atoms with Crippen LogP contribution in [0.1, 0.15) is 21.7 Å². The first-order valence-corrected chi connectivity index (χ1v) is 10.2. The molecule has 0 spiro atoms. The van der Waals surface area contributed by atoms with Crippen molar-refractivity contribution in [2.24, 2.45) is 0 Å². The maximum absolute atomic E-state index is 12.8. The summed E-state index contributed by atoms with van der Waals surface area (Å²) in [6.07, 6.45) is 0. The average Bonchev–Trinajstić information content (AvgIpc) is 3.08. The van der Waals surface area contributed by atoms with Gasteiger partial charge in [0.05, 0.1) is 9.92 Å². The third kappa shape index (κ3) is 4.09. The molecule has 0 aliphatic rings. The van der Waals surface area contributed by atoms with Crippen molar-refractivity contribution in [3.63, 3.8) is 0 Å². The predicted molar refractivity (Wildman–Crippen MR) is 106 cm³/mol. The molecule has 1 amide bonds. The standard InChI is InChI=1S/C19H18ClN3O4S/c1-12-17(18(23-27-12)15-8-3-4-9-16(15)20)19(24)22-11-13-6-5-7-14(10-13)28(25,26)21-2/h3-10,21H,11H2,1-2H3,(H,22,24). The number of rotatable bonds is 6. The lowest BCUT2D eigenvalue weighted by Gasteiger charge is -2.08. The fraction of sp³-hybridized carbons (Fsp3) is 0.158. The van der Waals surface area contributed by atoms with Crippen molar-refractivity contribution >= 4 is 27.5 Å². The van der Waals surface area contributed by atoms with E-state index in [1.807, 2.05) is 0 Å². The number of benzene rings is 2. The van der Waals surface area contributed by atoms with E-state index in [1.54, 1.807) is 43.3 Å². The van der Waals surface area contributed by atoms with Gasteiger partial charge in [0.1, 0.15) is 17.0 Å². The lowest BCUT2D eigenvalue weighted by Crippen LogP contribution is -2.24. The normalized spacial score (nSPS) is 11.4. The Morgan fingerprint density at radius 2 is 1.93 bits per heavy atom. The summed E-state index contributed by atoms with van der Waals surface area (Å²) in [5.41, 5.74) is 1.87. The van der Waals surface area contributed by atoms with Gasteiger partial charge in [0, 0.05) is 12.1 Å². The third-order valence-corrected chi connectivity index (χ3v) is 5.89. The van der Waals surface area contributed by atoms with Crippen LogP contribution in [0.25, 0.3) is 11.3 Å². The van der Waals surface area contributed by atoms with Crippen LogP contribution in [0.15, 0.2) is 57.9 Å². The van der Waals surface area contributed by atoms with E-state index in [-0.39, 0.29) is 17.0 Å². The molecule has 9 heteroatoms. The molecule has 0 radical (unpaired) electrons. The monoisotopic (exact) mass is 419 g/mol. The van der Waals surface area contributed by atoms with Gasteiger partial charge in [0.25, 0.3) is 5.91 Å². The van der Waals surface area contributed by atoms with E-state index in [9.17, 15) is 13.2 Å². The van der Waals surface area contributed by atoms with Crippen molar-refractivity contribution in [2.75, 3.05) is 7.05 Å². The Hall–Kier alpha value is -2.68. The zero-order valence-corrected chi connectivity index (χ0v) is 16.8. The van der Waals surface area contributed by atoms with Crippen LogP contribution in [0.5, 0.6) is 0 Å². The molecule has 1 heterocycles. The molecule has 2 N–H and O–H groups in total. The Morgan fingerprint density at radius 1 is 1.18 bits per heavy atom. The quantitative estimate of drug-likeness (QED) is 0.639. The van der Waals surface area contributed by atoms with Crippen LogP contribution in [0.3, 0.4) is 0 Å². The third-order valence-electron chi connectivity index (χ3n) is 4.15. The molecule has 0 bridgehead atoms. The fourth-order valence-electron chi connectivity index (χ4n) is 2.69. The minimum absolute atomic E-state index is 0.125. The van der Waals surface area contributed by atoms with Crippen LogP contribution >= 0.6 is 11.6 Å². The number of amides is 1. The first-order valence-electron chi connectivity index (χ1n) is 8.35. The predicted octanol–water partition coefficient (Wildman–Crippen LogP) is 3.14. The highest BCUT2D eigenvalue weighted by molar-refractivity contribution is 7.89. The number of hydrogen-bond acceptors (Lipinski definition) is 5. The number of nitrogens with one attached hydrogen (secondary N) is 2. The van der Waals surface area contributed by atoms with Crippen molar-refractivity contribution in [2.45, 2.75) is 18.4 Å². The summed E-state index contributed by atoms with van der Waals surface area (Å²) >= 11 is 6.22. The number of aromatic nitrogens is 1. The fourth-order valence-corrected chi connectivity index (χ4v) is 3.71. The van der Waals surface area contributed by atoms with E-state index in [4.69, 9.17) is 16.1 Å². The molecule has 0 aliphatic carbocycles. The van der Waals surface area contributed by atoms with Gasteiger partial charge in [0.2, 0.25) is 10.0 Å². The van der Waals surface area contributed by atoms with Crippen LogP contribution < -0.4 is 10.0 Å². The molecule has 0 atom stereocenters. The molecule has 3 aromatic rings. The second-order valence-electron chi connectivity index (χ2n) is 5.98. The first kappa shape index (κ1) is 20.1. The molecule has 0 saturated carbocycles. The van der Waals surface area contributed by atoms with E-state index in [2.05, 4.69) is 15.2 Å². The minimum atomic E-state index is -3.56. The largest absolute Gasteiger partial charge is 0.360 e. The van der Waals surface area contributed by atoms with Crippen molar-refractivity contribution in [3.8, 4) is 11.3 Å². The molecule has 0 saturated heterocycles. The number of nitrogens with zero attached hydrogens (tertiary/aromatic N) is 1. The number of hydrogen-bond donors (Lipinski definition) is 2. The van der Waals surface area contributed by atoms with Crippen LogP contribution in [-0.4, -0.2) is 26.5 Å². The number of aryl methyl sites for hydroxylation is 1. The molecule has 0 aliphatic heterocycles. The molecular formula is C19H18ClN3O4S. The van der Waals surface area contributed by atoms with Crippen molar-refractivity contribution in [3.05, 3.63) is 70.4 Å². The highest BCUT2D eigenvalue weighted by atomic mass is 35.5. The summed E-state index contributed by atoms with van der Waals surface area (Å²) in [6.45, 7) is 1.78. The summed E-state index contributed by atoms with van der Waals surface area (Å²) in [5, 5.41) is 7.20. The zero-order valence-electron chi connectivity index (χ0n) is 15.2. The number of carbonyl (C=O) groups excluding carboxylic acids is 1. The molecule has 0 unspecified atom stereocenters. The van der Waals surface area contributed by atoms with Crippen LogP contribution in [0.2, 0.25) is 5.02 Å². The molecular weight excluding hydrogens is 402 g/mol. The van der Waals surface area contributed by atoms with Gasteiger partial charge in [-0.25, -0.2) is 13.1 Å². The topological polar surface area (TPSA) is 101 Å². The second-order valence-corrected chi connectivity index (χ2v) is 8.27. The molecule has 3 rings (SSSR count). The minimum Gasteiger partial charge on any atom is -0.360 e. The van der Waals surface area contributed by atoms with Gasteiger partial charge >= 0.3 is 0 Å². The summed E-state index contributed by atoms with van der Waals surface area (Å²) in [5.74, 6) is -0.0329. The Kier molecular flexibility index (Phi) is 5.83. The summed E-state index contributed by atoms with van der Waals surface area (Å²) < 4.78 is 31.3. The van der Waals surface area contributed by atoms with Gasteiger partial charge in [0.15, 0.2) is 0 Å². The molecule has 28 heavy (non-hydrogen) atoms. The molecule has 2 aromatic carbocycles. The van der Waals surface area contributed by atoms with Crippen LogP contribution in [0.4, 0.5) is 0 Å². The number of carbonyl (C=O) groups is 1. The van der Waals surface area contributed by atoms with E-state index in [1.165, 1.54) is 19.2 Å². The smallest absolute Gasteiger partial charge is 0.257 e. The number of sulfonamides is 1. The first-order chi connectivity index (χ1) is 13.3. The molecule has 146 valence electrons. The maximum atomic E-state index is 12.8. The Bertz CT molecular complexity index is 1130. The molecule has 1 aromatic heterocycles. The summed E-state index contributed by atoms with van der Waals surface area (Å²) in [7, 11) is -2.22. The van der Waals surface area contributed by atoms with Crippen LogP contribution in [0, 0.1) is 6.92 Å². The van der Waals surface area contributed by atoms with Gasteiger partial charge in [-0.1, -0.05) is 47.1 Å². The van der Waals surface area contributed by atoms with Crippen molar-refractivity contribution < 1.29 is 17.7 Å². The Morgan fingerprint density at radius 3 is 2.64 bits per heavy atom. The number of halogens is 1. The SMILES string of the molecule is CNS(=O)(=O)c1cccc(CNC(=O)c2c(-c3ccccc3Cl)noc2C)c1. The van der Waals surface area contributed by atoms with E-state index < -0.39 is 15.9 Å². The van der Waals surface area contributed by atoms with E-state index in [0.717, 1.165) is 0 Å².